The first-order chi connectivity index (χ1) is 13.7. The van der Waals surface area contributed by atoms with Crippen LogP contribution in [0.3, 0.4) is 0 Å². The van der Waals surface area contributed by atoms with Gasteiger partial charge in [-0.3, -0.25) is 0 Å². The van der Waals surface area contributed by atoms with E-state index in [2.05, 4.69) is 66.0 Å². The Morgan fingerprint density at radius 3 is 1.13 bits per heavy atom. The van der Waals surface area contributed by atoms with Crippen molar-refractivity contribution in [3.63, 3.8) is 0 Å². The molecule has 0 radical (unpaired) electrons. The van der Waals surface area contributed by atoms with Gasteiger partial charge < -0.3 is 20.1 Å². The van der Waals surface area contributed by atoms with E-state index in [1.165, 1.54) is 0 Å². The summed E-state index contributed by atoms with van der Waals surface area (Å²) in [4.78, 5) is 0. The molecule has 2 saturated heterocycles. The molecule has 0 spiro atoms. The standard InChI is InChI=1S/C26H44N2O2/c1-23(2)13-19(14-24(3,4)27-23)17-29-21-9-11-22(12-10-21)30-18-20-15-25(5,6)28-26(7,8)16-20/h9-12,19-20,27-28H,13-18H2,1-8H3. The van der Waals surface area contributed by atoms with Crippen LogP contribution in [0.15, 0.2) is 24.3 Å². The number of benzene rings is 1. The summed E-state index contributed by atoms with van der Waals surface area (Å²) < 4.78 is 12.3. The highest BCUT2D eigenvalue weighted by Crippen LogP contribution is 2.34. The van der Waals surface area contributed by atoms with Crippen LogP contribution in [-0.4, -0.2) is 35.4 Å². The van der Waals surface area contributed by atoms with Gasteiger partial charge in [-0.05, 0) is 117 Å². The van der Waals surface area contributed by atoms with Crippen LogP contribution in [0, 0.1) is 11.8 Å². The van der Waals surface area contributed by atoms with Crippen molar-refractivity contribution in [3.05, 3.63) is 24.3 Å². The number of rotatable bonds is 6. The van der Waals surface area contributed by atoms with Crippen molar-refractivity contribution in [2.24, 2.45) is 11.8 Å². The fourth-order valence-corrected chi connectivity index (χ4v) is 6.36. The van der Waals surface area contributed by atoms with Crippen molar-refractivity contribution in [1.82, 2.24) is 10.6 Å². The summed E-state index contributed by atoms with van der Waals surface area (Å²) in [6.45, 7) is 19.9. The van der Waals surface area contributed by atoms with Crippen LogP contribution < -0.4 is 20.1 Å². The fraction of sp³-hybridized carbons (Fsp3) is 0.769. The van der Waals surface area contributed by atoms with E-state index in [4.69, 9.17) is 9.47 Å². The van der Waals surface area contributed by atoms with E-state index in [0.717, 1.165) is 50.4 Å². The van der Waals surface area contributed by atoms with Crippen LogP contribution in [0.4, 0.5) is 0 Å². The van der Waals surface area contributed by atoms with Crippen molar-refractivity contribution in [2.45, 2.75) is 103 Å². The maximum atomic E-state index is 6.14. The zero-order chi connectivity index (χ0) is 22.2. The zero-order valence-corrected chi connectivity index (χ0v) is 20.5. The Kier molecular flexibility index (Phi) is 6.51. The van der Waals surface area contributed by atoms with Gasteiger partial charge in [-0.25, -0.2) is 0 Å². The van der Waals surface area contributed by atoms with E-state index in [1.54, 1.807) is 0 Å². The molecular formula is C26H44N2O2. The lowest BCUT2D eigenvalue weighted by atomic mass is 9.76. The molecule has 0 atom stereocenters. The van der Waals surface area contributed by atoms with Gasteiger partial charge in [-0.1, -0.05) is 0 Å². The molecule has 0 amide bonds. The van der Waals surface area contributed by atoms with Crippen molar-refractivity contribution in [3.8, 4) is 11.5 Å². The normalized spacial score (nSPS) is 25.6. The van der Waals surface area contributed by atoms with Crippen LogP contribution in [0.2, 0.25) is 0 Å². The van der Waals surface area contributed by atoms with Gasteiger partial charge in [0, 0.05) is 22.2 Å². The van der Waals surface area contributed by atoms with Crippen molar-refractivity contribution in [2.75, 3.05) is 13.2 Å². The first-order valence-electron chi connectivity index (χ1n) is 11.7. The molecule has 170 valence electrons. The Labute approximate surface area is 184 Å². The highest BCUT2D eigenvalue weighted by molar-refractivity contribution is 5.31. The van der Waals surface area contributed by atoms with Crippen LogP contribution in [-0.2, 0) is 0 Å². The third kappa shape index (κ3) is 6.88. The minimum absolute atomic E-state index is 0.158. The van der Waals surface area contributed by atoms with Crippen molar-refractivity contribution < 1.29 is 9.47 Å². The van der Waals surface area contributed by atoms with E-state index < -0.39 is 0 Å². The predicted octanol–water partition coefficient (Wildman–Crippen LogP) is 5.56. The Balaban J connectivity index is 1.48. The van der Waals surface area contributed by atoms with Gasteiger partial charge >= 0.3 is 0 Å². The molecule has 1 aromatic rings. The summed E-state index contributed by atoms with van der Waals surface area (Å²) in [7, 11) is 0. The second-order valence-corrected chi connectivity index (χ2v) is 12.4. The first-order valence-corrected chi connectivity index (χ1v) is 11.7. The molecule has 4 nitrogen and oxygen atoms in total. The molecule has 2 heterocycles. The average molecular weight is 417 g/mol. The van der Waals surface area contributed by atoms with E-state index >= 15 is 0 Å². The van der Waals surface area contributed by atoms with E-state index in [1.807, 2.05) is 24.3 Å². The summed E-state index contributed by atoms with van der Waals surface area (Å²) in [5.74, 6) is 3.00. The highest BCUT2D eigenvalue weighted by atomic mass is 16.5. The third-order valence-electron chi connectivity index (χ3n) is 6.34. The minimum Gasteiger partial charge on any atom is -0.493 e. The number of ether oxygens (including phenoxy) is 2. The first kappa shape index (κ1) is 23.4. The topological polar surface area (TPSA) is 42.5 Å². The molecule has 30 heavy (non-hydrogen) atoms. The Bertz CT molecular complexity index is 613. The number of hydrogen-bond acceptors (Lipinski definition) is 4. The number of piperidine rings is 2. The maximum Gasteiger partial charge on any atom is 0.119 e. The summed E-state index contributed by atoms with van der Waals surface area (Å²) >= 11 is 0. The van der Waals surface area contributed by atoms with Crippen molar-refractivity contribution >= 4 is 0 Å². The Morgan fingerprint density at radius 1 is 0.600 bits per heavy atom. The molecule has 2 N–H and O–H groups in total. The maximum absolute atomic E-state index is 6.14. The van der Waals surface area contributed by atoms with Crippen LogP contribution in [0.25, 0.3) is 0 Å². The molecule has 2 fully saturated rings. The molecule has 4 heteroatoms. The second kappa shape index (κ2) is 8.35. The van der Waals surface area contributed by atoms with E-state index in [0.29, 0.717) is 11.8 Å². The van der Waals surface area contributed by atoms with Crippen molar-refractivity contribution in [1.29, 1.82) is 0 Å². The lowest BCUT2D eigenvalue weighted by Crippen LogP contribution is -2.58. The van der Waals surface area contributed by atoms with Gasteiger partial charge in [0.05, 0.1) is 13.2 Å². The molecule has 3 rings (SSSR count). The lowest BCUT2D eigenvalue weighted by molar-refractivity contribution is 0.0922. The largest absolute Gasteiger partial charge is 0.493 e. The van der Waals surface area contributed by atoms with Crippen LogP contribution >= 0.6 is 0 Å². The molecule has 0 aliphatic carbocycles. The van der Waals surface area contributed by atoms with Gasteiger partial charge in [-0.2, -0.15) is 0 Å². The summed E-state index contributed by atoms with van der Waals surface area (Å²) in [5, 5.41) is 7.49. The third-order valence-corrected chi connectivity index (χ3v) is 6.34. The molecule has 0 aromatic heterocycles. The van der Waals surface area contributed by atoms with Gasteiger partial charge in [0.25, 0.3) is 0 Å². The number of nitrogens with one attached hydrogen (secondary N) is 2. The molecule has 2 aliphatic heterocycles. The van der Waals surface area contributed by atoms with Gasteiger partial charge in [0.2, 0.25) is 0 Å². The smallest absolute Gasteiger partial charge is 0.119 e. The Morgan fingerprint density at radius 2 is 0.867 bits per heavy atom. The molecule has 1 aromatic carbocycles. The van der Waals surface area contributed by atoms with Gasteiger partial charge in [0.15, 0.2) is 0 Å². The number of hydrogen-bond donors (Lipinski definition) is 2. The Hall–Kier alpha value is -1.26. The van der Waals surface area contributed by atoms with Gasteiger partial charge in [-0.15, -0.1) is 0 Å². The molecule has 0 saturated carbocycles. The van der Waals surface area contributed by atoms with E-state index in [-0.39, 0.29) is 22.2 Å². The fourth-order valence-electron chi connectivity index (χ4n) is 6.36. The monoisotopic (exact) mass is 416 g/mol. The van der Waals surface area contributed by atoms with Crippen LogP contribution in [0.5, 0.6) is 11.5 Å². The quantitative estimate of drug-likeness (QED) is 0.637. The molecule has 2 aliphatic rings. The molecular weight excluding hydrogens is 372 g/mol. The summed E-state index contributed by atoms with van der Waals surface area (Å²) in [5.41, 5.74) is 0.632. The SMILES string of the molecule is CC1(C)CC(COc2ccc(OCC3CC(C)(C)NC(C)(C)C3)cc2)CC(C)(C)N1. The zero-order valence-electron chi connectivity index (χ0n) is 20.5. The molecule has 0 bridgehead atoms. The highest BCUT2D eigenvalue weighted by Gasteiger charge is 2.38. The average Bonchev–Trinajstić information content (AvgIpc) is 2.53. The summed E-state index contributed by atoms with van der Waals surface area (Å²) in [6, 6.07) is 8.18. The van der Waals surface area contributed by atoms with E-state index in [9.17, 15) is 0 Å². The predicted molar refractivity (Wildman–Crippen MR) is 125 cm³/mol. The lowest BCUT2D eigenvalue weighted by Gasteiger charge is -2.46. The minimum atomic E-state index is 0.158. The van der Waals surface area contributed by atoms with Crippen LogP contribution in [0.1, 0.15) is 81.1 Å². The molecule has 0 unspecified atom stereocenters. The summed E-state index contributed by atoms with van der Waals surface area (Å²) in [6.07, 6.45) is 4.56. The van der Waals surface area contributed by atoms with Gasteiger partial charge in [0.1, 0.15) is 11.5 Å². The second-order valence-electron chi connectivity index (χ2n) is 12.4.